The molecule has 2 aliphatic rings. The van der Waals surface area contributed by atoms with Gasteiger partial charge in [-0.2, -0.15) is 0 Å². The zero-order chi connectivity index (χ0) is 13.3. The highest BCUT2D eigenvalue weighted by Gasteiger charge is 2.44. The first-order chi connectivity index (χ1) is 9.22. The maximum atomic E-state index is 13.0. The number of rotatable bonds is 4. The fourth-order valence-electron chi connectivity index (χ4n) is 2.39. The second kappa shape index (κ2) is 6.28. The third-order valence-electron chi connectivity index (χ3n) is 4.05. The predicted molar refractivity (Wildman–Crippen MR) is 90.2 cm³/mol. The number of halogens is 2. The number of nitrogens with one attached hydrogen (secondary N) is 2. The number of benzene rings is 1. The fraction of sp³-hybridized carbons (Fsp3) is 0.533. The van der Waals surface area contributed by atoms with Gasteiger partial charge in [-0.25, -0.2) is 4.39 Å². The van der Waals surface area contributed by atoms with Gasteiger partial charge in [0.25, 0.3) is 0 Å². The molecule has 5 heteroatoms. The van der Waals surface area contributed by atoms with Crippen molar-refractivity contribution in [3.63, 3.8) is 0 Å². The van der Waals surface area contributed by atoms with E-state index in [4.69, 9.17) is 0 Å². The highest BCUT2D eigenvalue weighted by molar-refractivity contribution is 14.0. The standard InChI is InChI=1S/C15H20FN3.HI/c1-17-14(19-13-6-7-13)18-10-15(8-9-15)11-2-4-12(16)5-3-11;/h2-5,13H,6-10H2,1H3,(H2,17,18,19);1H. The predicted octanol–water partition coefficient (Wildman–Crippen LogP) is 2.80. The van der Waals surface area contributed by atoms with Crippen molar-refractivity contribution in [3.8, 4) is 0 Å². The molecule has 1 aromatic rings. The van der Waals surface area contributed by atoms with Crippen molar-refractivity contribution in [3.05, 3.63) is 35.6 Å². The van der Waals surface area contributed by atoms with E-state index in [1.807, 2.05) is 12.1 Å². The van der Waals surface area contributed by atoms with Crippen LogP contribution in [0.2, 0.25) is 0 Å². The molecule has 2 fully saturated rings. The Kier molecular flexibility index (Phi) is 4.88. The molecular formula is C15H21FIN3. The summed E-state index contributed by atoms with van der Waals surface area (Å²) in [5, 5.41) is 6.78. The molecular weight excluding hydrogens is 368 g/mol. The molecule has 0 spiro atoms. The molecule has 0 aliphatic heterocycles. The summed E-state index contributed by atoms with van der Waals surface area (Å²) >= 11 is 0. The van der Waals surface area contributed by atoms with Crippen molar-refractivity contribution >= 4 is 29.9 Å². The minimum Gasteiger partial charge on any atom is -0.356 e. The van der Waals surface area contributed by atoms with Gasteiger partial charge in [0, 0.05) is 25.0 Å². The summed E-state index contributed by atoms with van der Waals surface area (Å²) in [6.45, 7) is 0.866. The first-order valence-electron chi connectivity index (χ1n) is 6.95. The first-order valence-corrected chi connectivity index (χ1v) is 6.95. The van der Waals surface area contributed by atoms with Gasteiger partial charge in [-0.05, 0) is 43.4 Å². The van der Waals surface area contributed by atoms with Gasteiger partial charge >= 0.3 is 0 Å². The van der Waals surface area contributed by atoms with Gasteiger partial charge in [-0.15, -0.1) is 24.0 Å². The molecule has 1 aromatic carbocycles. The average molecular weight is 389 g/mol. The van der Waals surface area contributed by atoms with Crippen LogP contribution < -0.4 is 10.6 Å². The summed E-state index contributed by atoms with van der Waals surface area (Å²) in [6.07, 6.45) is 4.80. The first kappa shape index (κ1) is 15.5. The normalized spacial score (nSPS) is 20.0. The lowest BCUT2D eigenvalue weighted by molar-refractivity contribution is 0.617. The van der Waals surface area contributed by atoms with Crippen molar-refractivity contribution < 1.29 is 4.39 Å². The second-order valence-corrected chi connectivity index (χ2v) is 5.63. The fourth-order valence-corrected chi connectivity index (χ4v) is 2.39. The van der Waals surface area contributed by atoms with Crippen LogP contribution in [-0.4, -0.2) is 25.6 Å². The molecule has 0 unspecified atom stereocenters. The third kappa shape index (κ3) is 3.62. The lowest BCUT2D eigenvalue weighted by atomic mass is 9.96. The van der Waals surface area contributed by atoms with Crippen LogP contribution >= 0.6 is 24.0 Å². The monoisotopic (exact) mass is 389 g/mol. The SMILES string of the molecule is CN=C(NCC1(c2ccc(F)cc2)CC1)NC1CC1.I. The van der Waals surface area contributed by atoms with Crippen LogP contribution in [-0.2, 0) is 5.41 Å². The van der Waals surface area contributed by atoms with E-state index in [-0.39, 0.29) is 35.2 Å². The Hall–Kier alpha value is -0.850. The van der Waals surface area contributed by atoms with Crippen molar-refractivity contribution in [2.45, 2.75) is 37.1 Å². The Balaban J connectivity index is 0.00000147. The highest BCUT2D eigenvalue weighted by atomic mass is 127. The van der Waals surface area contributed by atoms with Gasteiger partial charge in [0.15, 0.2) is 5.96 Å². The Labute approximate surface area is 136 Å². The van der Waals surface area contributed by atoms with Crippen molar-refractivity contribution in [2.24, 2.45) is 4.99 Å². The van der Waals surface area contributed by atoms with E-state index in [9.17, 15) is 4.39 Å². The van der Waals surface area contributed by atoms with Gasteiger partial charge in [0.1, 0.15) is 5.82 Å². The van der Waals surface area contributed by atoms with Gasteiger partial charge in [-0.3, -0.25) is 4.99 Å². The minimum atomic E-state index is -0.168. The molecule has 2 saturated carbocycles. The Morgan fingerprint density at radius 3 is 2.45 bits per heavy atom. The number of nitrogens with zero attached hydrogens (tertiary/aromatic N) is 1. The quantitative estimate of drug-likeness (QED) is 0.472. The van der Waals surface area contributed by atoms with E-state index >= 15 is 0 Å². The summed E-state index contributed by atoms with van der Waals surface area (Å²) in [4.78, 5) is 4.24. The summed E-state index contributed by atoms with van der Waals surface area (Å²) in [5.41, 5.74) is 1.40. The Bertz CT molecular complexity index is 478. The third-order valence-corrected chi connectivity index (χ3v) is 4.05. The lowest BCUT2D eigenvalue weighted by Crippen LogP contribution is -2.42. The Morgan fingerprint density at radius 2 is 1.95 bits per heavy atom. The van der Waals surface area contributed by atoms with Gasteiger partial charge < -0.3 is 10.6 Å². The van der Waals surface area contributed by atoms with E-state index in [0.717, 1.165) is 25.3 Å². The summed E-state index contributed by atoms with van der Waals surface area (Å²) in [6, 6.07) is 7.51. The summed E-state index contributed by atoms with van der Waals surface area (Å²) < 4.78 is 13.0. The van der Waals surface area contributed by atoms with E-state index in [0.29, 0.717) is 6.04 Å². The van der Waals surface area contributed by atoms with E-state index in [1.54, 1.807) is 19.2 Å². The zero-order valence-electron chi connectivity index (χ0n) is 11.7. The molecule has 0 bridgehead atoms. The van der Waals surface area contributed by atoms with Crippen LogP contribution in [0.1, 0.15) is 31.2 Å². The topological polar surface area (TPSA) is 36.4 Å². The molecule has 3 nitrogen and oxygen atoms in total. The molecule has 3 rings (SSSR count). The van der Waals surface area contributed by atoms with Gasteiger partial charge in [-0.1, -0.05) is 12.1 Å². The second-order valence-electron chi connectivity index (χ2n) is 5.63. The van der Waals surface area contributed by atoms with E-state index < -0.39 is 0 Å². The molecule has 0 atom stereocenters. The summed E-state index contributed by atoms with van der Waals surface area (Å²) in [7, 11) is 1.80. The Morgan fingerprint density at radius 1 is 1.30 bits per heavy atom. The molecule has 0 radical (unpaired) electrons. The van der Waals surface area contributed by atoms with E-state index in [1.165, 1.54) is 18.4 Å². The number of aliphatic imine (C=N–C) groups is 1. The molecule has 0 saturated heterocycles. The summed E-state index contributed by atoms with van der Waals surface area (Å²) in [5.74, 6) is 0.717. The largest absolute Gasteiger partial charge is 0.356 e. The van der Waals surface area contributed by atoms with E-state index in [2.05, 4.69) is 15.6 Å². The molecule has 0 aromatic heterocycles. The molecule has 0 heterocycles. The highest BCUT2D eigenvalue weighted by Crippen LogP contribution is 2.47. The van der Waals surface area contributed by atoms with Crippen molar-refractivity contribution in [1.82, 2.24) is 10.6 Å². The molecule has 2 aliphatic carbocycles. The van der Waals surface area contributed by atoms with Crippen LogP contribution in [0.4, 0.5) is 4.39 Å². The zero-order valence-corrected chi connectivity index (χ0v) is 14.0. The van der Waals surface area contributed by atoms with Crippen molar-refractivity contribution in [1.29, 1.82) is 0 Å². The smallest absolute Gasteiger partial charge is 0.191 e. The molecule has 0 amide bonds. The van der Waals surface area contributed by atoms with Crippen LogP contribution in [0.25, 0.3) is 0 Å². The lowest BCUT2D eigenvalue weighted by Gasteiger charge is -2.19. The van der Waals surface area contributed by atoms with Crippen molar-refractivity contribution in [2.75, 3.05) is 13.6 Å². The van der Waals surface area contributed by atoms with Crippen LogP contribution in [0.3, 0.4) is 0 Å². The number of guanidine groups is 1. The number of hydrogen-bond donors (Lipinski definition) is 2. The van der Waals surface area contributed by atoms with Gasteiger partial charge in [0.05, 0.1) is 0 Å². The average Bonchev–Trinajstić information content (AvgIpc) is 3.31. The molecule has 110 valence electrons. The van der Waals surface area contributed by atoms with Crippen LogP contribution in [0.5, 0.6) is 0 Å². The van der Waals surface area contributed by atoms with Crippen LogP contribution in [0.15, 0.2) is 29.3 Å². The molecule has 20 heavy (non-hydrogen) atoms. The maximum absolute atomic E-state index is 13.0. The van der Waals surface area contributed by atoms with Crippen LogP contribution in [0, 0.1) is 5.82 Å². The number of hydrogen-bond acceptors (Lipinski definition) is 1. The molecule has 2 N–H and O–H groups in total. The van der Waals surface area contributed by atoms with Gasteiger partial charge in [0.2, 0.25) is 0 Å². The minimum absolute atomic E-state index is 0. The maximum Gasteiger partial charge on any atom is 0.191 e.